The third kappa shape index (κ3) is 4.56. The lowest BCUT2D eigenvalue weighted by Crippen LogP contribution is -2.09. The van der Waals surface area contributed by atoms with Crippen molar-refractivity contribution in [3.8, 4) is 28.7 Å². The van der Waals surface area contributed by atoms with Crippen molar-refractivity contribution in [2.75, 3.05) is 21.3 Å². The third-order valence-electron chi connectivity index (χ3n) is 4.92. The molecule has 4 rings (SSSR count). The van der Waals surface area contributed by atoms with Gasteiger partial charge in [0.05, 0.1) is 32.5 Å². The second-order valence-corrected chi connectivity index (χ2v) is 7.87. The van der Waals surface area contributed by atoms with Gasteiger partial charge in [0.25, 0.3) is 0 Å². The molecule has 0 unspecified atom stereocenters. The van der Waals surface area contributed by atoms with Crippen molar-refractivity contribution in [2.24, 2.45) is 0 Å². The Hall–Kier alpha value is -3.78. The molecule has 0 radical (unpaired) electrons. The molecule has 0 saturated carbocycles. The number of ketones is 1. The smallest absolute Gasteiger partial charge is 0.343 e. The number of carbonyl (C=O) groups is 2. The Labute approximate surface area is 198 Å². The van der Waals surface area contributed by atoms with Crippen LogP contribution < -0.4 is 23.7 Å². The van der Waals surface area contributed by atoms with Crippen LogP contribution in [0.1, 0.15) is 26.3 Å². The maximum Gasteiger partial charge on any atom is 0.343 e. The van der Waals surface area contributed by atoms with Crippen molar-refractivity contribution in [1.29, 1.82) is 0 Å². The van der Waals surface area contributed by atoms with E-state index >= 15 is 0 Å². The highest BCUT2D eigenvalue weighted by Crippen LogP contribution is 2.39. The maximum atomic E-state index is 12.8. The summed E-state index contributed by atoms with van der Waals surface area (Å²) in [5, 5.41) is 0. The molecule has 0 bridgehead atoms. The number of methoxy groups -OCH3 is 3. The minimum Gasteiger partial charge on any atom is -0.493 e. The average molecular weight is 511 g/mol. The normalized spacial score (nSPS) is 13.3. The molecule has 0 amide bonds. The van der Waals surface area contributed by atoms with Crippen LogP contribution in [-0.4, -0.2) is 33.1 Å². The van der Waals surface area contributed by atoms with Gasteiger partial charge in [-0.05, 0) is 48.0 Å². The van der Waals surface area contributed by atoms with Gasteiger partial charge in [-0.2, -0.15) is 0 Å². The topological polar surface area (TPSA) is 80.3 Å². The first-order chi connectivity index (χ1) is 15.9. The summed E-state index contributed by atoms with van der Waals surface area (Å²) in [5.41, 5.74) is 1.42. The van der Waals surface area contributed by atoms with E-state index in [-0.39, 0.29) is 22.9 Å². The molecule has 1 aliphatic heterocycles. The third-order valence-corrected chi connectivity index (χ3v) is 5.45. The minimum atomic E-state index is -0.635. The second kappa shape index (κ2) is 9.38. The van der Waals surface area contributed by atoms with E-state index < -0.39 is 5.97 Å². The highest BCUT2D eigenvalue weighted by atomic mass is 79.9. The first-order valence-electron chi connectivity index (χ1n) is 9.79. The van der Waals surface area contributed by atoms with Crippen molar-refractivity contribution < 1.29 is 33.3 Å². The molecule has 3 aromatic rings. The van der Waals surface area contributed by atoms with E-state index in [1.165, 1.54) is 39.5 Å². The van der Waals surface area contributed by atoms with Gasteiger partial charge >= 0.3 is 5.97 Å². The molecule has 168 valence electrons. The number of halogens is 1. The number of hydrogen-bond donors (Lipinski definition) is 0. The Bertz CT molecular complexity index is 1240. The van der Waals surface area contributed by atoms with Gasteiger partial charge in [-0.15, -0.1) is 0 Å². The highest BCUT2D eigenvalue weighted by Gasteiger charge is 2.28. The standard InChI is InChI=1S/C25H19BrO7/c1-29-21-11-15(12-22(30-2)24(21)31-3)25(28)32-17-8-9-18-19(13-17)33-20(23(18)27)10-14-4-6-16(26)7-5-14/h4-13H,1-3H3/b20-10-. The lowest BCUT2D eigenvalue weighted by Gasteiger charge is -2.13. The number of rotatable bonds is 6. The Morgan fingerprint density at radius 2 is 1.58 bits per heavy atom. The molecule has 8 heteroatoms. The number of esters is 1. The molecule has 0 N–H and O–H groups in total. The number of Topliss-reactive ketones (excluding diaryl/α,β-unsaturated/α-hetero) is 1. The molecular formula is C25H19BrO7. The van der Waals surface area contributed by atoms with Crippen molar-refractivity contribution >= 4 is 33.8 Å². The lowest BCUT2D eigenvalue weighted by atomic mass is 10.1. The number of hydrogen-bond acceptors (Lipinski definition) is 7. The molecule has 1 heterocycles. The number of carbonyl (C=O) groups excluding carboxylic acids is 2. The van der Waals surface area contributed by atoms with Crippen LogP contribution >= 0.6 is 15.9 Å². The molecule has 0 aliphatic carbocycles. The predicted octanol–water partition coefficient (Wildman–Crippen LogP) is 5.31. The zero-order valence-electron chi connectivity index (χ0n) is 18.0. The van der Waals surface area contributed by atoms with E-state index in [1.807, 2.05) is 24.3 Å². The van der Waals surface area contributed by atoms with Crippen LogP contribution in [0.15, 0.2) is 64.8 Å². The Kier molecular flexibility index (Phi) is 6.37. The van der Waals surface area contributed by atoms with Crippen LogP contribution in [0.3, 0.4) is 0 Å². The first-order valence-corrected chi connectivity index (χ1v) is 10.6. The van der Waals surface area contributed by atoms with Crippen molar-refractivity contribution in [1.82, 2.24) is 0 Å². The maximum absolute atomic E-state index is 12.8. The largest absolute Gasteiger partial charge is 0.493 e. The molecular weight excluding hydrogens is 492 g/mol. The van der Waals surface area contributed by atoms with Gasteiger partial charge in [-0.1, -0.05) is 28.1 Å². The minimum absolute atomic E-state index is 0.195. The van der Waals surface area contributed by atoms with E-state index in [9.17, 15) is 9.59 Å². The lowest BCUT2D eigenvalue weighted by molar-refractivity contribution is 0.0733. The molecule has 7 nitrogen and oxygen atoms in total. The number of benzene rings is 3. The Morgan fingerprint density at radius 1 is 0.909 bits per heavy atom. The fourth-order valence-electron chi connectivity index (χ4n) is 3.31. The van der Waals surface area contributed by atoms with E-state index in [4.69, 9.17) is 23.7 Å². The van der Waals surface area contributed by atoms with Crippen molar-refractivity contribution in [3.05, 3.63) is 81.5 Å². The Balaban J connectivity index is 1.56. The summed E-state index contributed by atoms with van der Waals surface area (Å²) in [6, 6.07) is 15.1. The predicted molar refractivity (Wildman–Crippen MR) is 125 cm³/mol. The second-order valence-electron chi connectivity index (χ2n) is 6.95. The fourth-order valence-corrected chi connectivity index (χ4v) is 3.57. The van der Waals surface area contributed by atoms with Crippen molar-refractivity contribution in [2.45, 2.75) is 0 Å². The molecule has 3 aromatic carbocycles. The van der Waals surface area contributed by atoms with E-state index in [0.717, 1.165) is 10.0 Å². The van der Waals surface area contributed by atoms with Crippen LogP contribution in [-0.2, 0) is 0 Å². The SMILES string of the molecule is COc1cc(C(=O)Oc2ccc3c(c2)O/C(=C\c2ccc(Br)cc2)C3=O)cc(OC)c1OC. The van der Waals surface area contributed by atoms with Crippen LogP contribution in [0.2, 0.25) is 0 Å². The monoisotopic (exact) mass is 510 g/mol. The molecule has 0 saturated heterocycles. The van der Waals surface area contributed by atoms with E-state index in [0.29, 0.717) is 28.6 Å². The van der Waals surface area contributed by atoms with Crippen molar-refractivity contribution in [3.63, 3.8) is 0 Å². The van der Waals surface area contributed by atoms with Crippen LogP contribution in [0.4, 0.5) is 0 Å². The zero-order chi connectivity index (χ0) is 23.5. The van der Waals surface area contributed by atoms with Gasteiger partial charge in [0.2, 0.25) is 11.5 Å². The summed E-state index contributed by atoms with van der Waals surface area (Å²) in [5.74, 6) is 0.888. The average Bonchev–Trinajstić information content (AvgIpc) is 3.13. The molecule has 1 aliphatic rings. The highest BCUT2D eigenvalue weighted by molar-refractivity contribution is 9.10. The summed E-state index contributed by atoms with van der Waals surface area (Å²) in [7, 11) is 4.39. The summed E-state index contributed by atoms with van der Waals surface area (Å²) in [6.07, 6.45) is 1.66. The van der Waals surface area contributed by atoms with Crippen LogP contribution in [0, 0.1) is 0 Å². The summed E-state index contributed by atoms with van der Waals surface area (Å²) >= 11 is 3.38. The number of fused-ring (bicyclic) bond motifs is 1. The van der Waals surface area contributed by atoms with Gasteiger partial charge in [-0.25, -0.2) is 4.79 Å². The van der Waals surface area contributed by atoms with E-state index in [2.05, 4.69) is 15.9 Å². The van der Waals surface area contributed by atoms with Gasteiger partial charge in [0, 0.05) is 10.5 Å². The van der Waals surface area contributed by atoms with Crippen LogP contribution in [0.25, 0.3) is 6.08 Å². The number of ether oxygens (including phenoxy) is 5. The molecule has 0 atom stereocenters. The molecule has 0 aromatic heterocycles. The molecule has 0 fully saturated rings. The molecule has 33 heavy (non-hydrogen) atoms. The van der Waals surface area contributed by atoms with Gasteiger partial charge in [-0.3, -0.25) is 4.79 Å². The van der Waals surface area contributed by atoms with Gasteiger partial charge in [0.1, 0.15) is 11.5 Å². The fraction of sp³-hybridized carbons (Fsp3) is 0.120. The van der Waals surface area contributed by atoms with Gasteiger partial charge < -0.3 is 23.7 Å². The first kappa shape index (κ1) is 22.4. The zero-order valence-corrected chi connectivity index (χ0v) is 19.6. The summed E-state index contributed by atoms with van der Waals surface area (Å²) in [6.45, 7) is 0. The summed E-state index contributed by atoms with van der Waals surface area (Å²) < 4.78 is 28.0. The Morgan fingerprint density at radius 3 is 2.18 bits per heavy atom. The quantitative estimate of drug-likeness (QED) is 0.252. The van der Waals surface area contributed by atoms with E-state index in [1.54, 1.807) is 18.2 Å². The van der Waals surface area contributed by atoms with Crippen LogP contribution in [0.5, 0.6) is 28.7 Å². The summed E-state index contributed by atoms with van der Waals surface area (Å²) in [4.78, 5) is 25.4. The van der Waals surface area contributed by atoms with Gasteiger partial charge in [0.15, 0.2) is 17.3 Å². The molecule has 0 spiro atoms. The number of allylic oxidation sites excluding steroid dienone is 1.